The molecular formula is C32H40N4O6. The third-order valence-corrected chi connectivity index (χ3v) is 6.94. The van der Waals surface area contributed by atoms with Crippen molar-refractivity contribution in [3.63, 3.8) is 0 Å². The second kappa shape index (κ2) is 18.3. The second-order valence-electron chi connectivity index (χ2n) is 9.99. The number of nitrogens with zero attached hydrogens (tertiary/aromatic N) is 4. The van der Waals surface area contributed by atoms with E-state index >= 15 is 0 Å². The van der Waals surface area contributed by atoms with E-state index in [0.29, 0.717) is 33.0 Å². The molecular weight excluding hydrogens is 536 g/mol. The van der Waals surface area contributed by atoms with Gasteiger partial charge in [0.2, 0.25) is 0 Å². The Hall–Kier alpha value is -3.34. The van der Waals surface area contributed by atoms with Crippen LogP contribution in [0.3, 0.4) is 0 Å². The van der Waals surface area contributed by atoms with Crippen LogP contribution >= 0.6 is 0 Å². The topological polar surface area (TPSA) is 117 Å². The Morgan fingerprint density at radius 1 is 0.786 bits per heavy atom. The highest BCUT2D eigenvalue weighted by molar-refractivity contribution is 5.15. The third kappa shape index (κ3) is 10.2. The number of benzene rings is 2. The summed E-state index contributed by atoms with van der Waals surface area (Å²) in [7, 11) is 1.61. The van der Waals surface area contributed by atoms with Crippen molar-refractivity contribution in [2.24, 2.45) is 5.11 Å². The van der Waals surface area contributed by atoms with Gasteiger partial charge in [0.05, 0.1) is 32.1 Å². The fourth-order valence-electron chi connectivity index (χ4n) is 4.78. The van der Waals surface area contributed by atoms with E-state index < -0.39 is 30.7 Å². The minimum atomic E-state index is -0.693. The molecule has 1 aromatic heterocycles. The van der Waals surface area contributed by atoms with Crippen molar-refractivity contribution < 1.29 is 28.4 Å². The Morgan fingerprint density at radius 3 is 2.10 bits per heavy atom. The molecule has 0 N–H and O–H groups in total. The summed E-state index contributed by atoms with van der Waals surface area (Å²) in [5.74, 6) is 0. The molecule has 0 saturated carbocycles. The van der Waals surface area contributed by atoms with Gasteiger partial charge in [-0.3, -0.25) is 4.98 Å². The molecule has 2 aromatic carbocycles. The monoisotopic (exact) mass is 576 g/mol. The Balaban J connectivity index is 1.51. The van der Waals surface area contributed by atoms with Crippen molar-refractivity contribution in [3.05, 3.63) is 112 Å². The van der Waals surface area contributed by atoms with Crippen molar-refractivity contribution in [1.29, 1.82) is 0 Å². The highest BCUT2D eigenvalue weighted by Gasteiger charge is 2.48. The van der Waals surface area contributed by atoms with Gasteiger partial charge in [-0.25, -0.2) is 0 Å². The molecule has 224 valence electrons. The van der Waals surface area contributed by atoms with Crippen molar-refractivity contribution in [1.82, 2.24) is 4.98 Å². The van der Waals surface area contributed by atoms with Crippen LogP contribution in [0.15, 0.2) is 90.2 Å². The minimum Gasteiger partial charge on any atom is -0.379 e. The molecule has 1 fully saturated rings. The van der Waals surface area contributed by atoms with Crippen LogP contribution in [0.2, 0.25) is 0 Å². The summed E-state index contributed by atoms with van der Waals surface area (Å²) < 4.78 is 37.8. The number of rotatable bonds is 18. The summed E-state index contributed by atoms with van der Waals surface area (Å²) in [5.41, 5.74) is 11.3. The van der Waals surface area contributed by atoms with E-state index in [2.05, 4.69) is 15.0 Å². The third-order valence-electron chi connectivity index (χ3n) is 6.94. The molecule has 2 heterocycles. The number of hydrogen-bond donors (Lipinski definition) is 0. The van der Waals surface area contributed by atoms with Crippen LogP contribution in [0.5, 0.6) is 0 Å². The molecule has 0 spiro atoms. The fourth-order valence-corrected chi connectivity index (χ4v) is 4.78. The van der Waals surface area contributed by atoms with Crippen molar-refractivity contribution in [3.8, 4) is 0 Å². The SMILES string of the molecule is CO[C@@H]1O[C@H](COCCCCCN=[N+]=[N-])[C@@H](OCc2ccccn2)[C@H](OCc2ccccc2)[C@H]1OCc1ccccc1. The van der Waals surface area contributed by atoms with E-state index in [0.717, 1.165) is 36.1 Å². The molecule has 3 aromatic rings. The first-order chi connectivity index (χ1) is 20.8. The number of pyridine rings is 1. The molecule has 4 rings (SSSR count). The van der Waals surface area contributed by atoms with E-state index in [1.165, 1.54) is 0 Å². The highest BCUT2D eigenvalue weighted by Crippen LogP contribution is 2.31. The molecule has 0 amide bonds. The molecule has 10 nitrogen and oxygen atoms in total. The average Bonchev–Trinajstić information content (AvgIpc) is 3.04. The van der Waals surface area contributed by atoms with Crippen LogP contribution < -0.4 is 0 Å². The standard InChI is InChI=1S/C32H40N4O6/c1-37-32-31(40-22-26-15-7-3-8-16-26)30(39-21-25-13-5-2-6-14-25)29(41-23-27-17-9-11-18-34-27)28(42-32)24-38-20-12-4-10-19-35-36-33/h2-3,5-9,11,13-18,28-32H,4,10,12,19-24H2,1H3/t28-,29-,30+,31-,32-/m1/s1. The zero-order valence-electron chi connectivity index (χ0n) is 24.1. The van der Waals surface area contributed by atoms with E-state index in [4.69, 9.17) is 34.0 Å². The summed E-state index contributed by atoms with van der Waals surface area (Å²) in [6, 6.07) is 25.7. The van der Waals surface area contributed by atoms with Crippen LogP contribution in [0.4, 0.5) is 0 Å². The average molecular weight is 577 g/mol. The smallest absolute Gasteiger partial charge is 0.186 e. The first kappa shape index (κ1) is 31.6. The number of hydrogen-bond acceptors (Lipinski definition) is 8. The maximum atomic E-state index is 8.44. The summed E-state index contributed by atoms with van der Waals surface area (Å²) in [4.78, 5) is 7.22. The van der Waals surface area contributed by atoms with Gasteiger partial charge in [-0.2, -0.15) is 0 Å². The highest BCUT2D eigenvalue weighted by atomic mass is 16.7. The van der Waals surface area contributed by atoms with Crippen LogP contribution in [-0.4, -0.2) is 62.6 Å². The van der Waals surface area contributed by atoms with E-state index in [1.54, 1.807) is 13.3 Å². The lowest BCUT2D eigenvalue weighted by Crippen LogP contribution is -2.61. The van der Waals surface area contributed by atoms with Gasteiger partial charge in [0.1, 0.15) is 24.4 Å². The van der Waals surface area contributed by atoms with Gasteiger partial charge in [-0.15, -0.1) is 0 Å². The molecule has 10 heteroatoms. The fraction of sp³-hybridized carbons (Fsp3) is 0.469. The summed E-state index contributed by atoms with van der Waals surface area (Å²) in [6.07, 6.45) is 1.55. The van der Waals surface area contributed by atoms with Crippen molar-refractivity contribution in [2.45, 2.75) is 69.8 Å². The molecule has 1 saturated heterocycles. The van der Waals surface area contributed by atoms with Crippen LogP contribution in [0.25, 0.3) is 10.4 Å². The lowest BCUT2D eigenvalue weighted by molar-refractivity contribution is -0.323. The van der Waals surface area contributed by atoms with E-state index in [9.17, 15) is 0 Å². The molecule has 42 heavy (non-hydrogen) atoms. The van der Waals surface area contributed by atoms with E-state index in [-0.39, 0.29) is 6.61 Å². The van der Waals surface area contributed by atoms with Crippen LogP contribution in [0.1, 0.15) is 36.1 Å². The van der Waals surface area contributed by atoms with Gasteiger partial charge in [0.25, 0.3) is 0 Å². The second-order valence-corrected chi connectivity index (χ2v) is 9.99. The first-order valence-electron chi connectivity index (χ1n) is 14.4. The van der Waals surface area contributed by atoms with Gasteiger partial charge in [0, 0.05) is 31.4 Å². The maximum absolute atomic E-state index is 8.44. The normalized spacial score (nSPS) is 22.0. The molecule has 1 aliphatic rings. The molecule has 0 aliphatic carbocycles. The van der Waals surface area contributed by atoms with Gasteiger partial charge < -0.3 is 28.4 Å². The number of azide groups is 1. The largest absolute Gasteiger partial charge is 0.379 e. The zero-order chi connectivity index (χ0) is 29.2. The number of unbranched alkanes of at least 4 members (excludes halogenated alkanes) is 2. The van der Waals surface area contributed by atoms with E-state index in [1.807, 2.05) is 78.9 Å². The number of methoxy groups -OCH3 is 1. The molecule has 0 unspecified atom stereocenters. The lowest BCUT2D eigenvalue weighted by atomic mass is 9.98. The van der Waals surface area contributed by atoms with Gasteiger partial charge in [0.15, 0.2) is 6.29 Å². The minimum absolute atomic E-state index is 0.277. The summed E-state index contributed by atoms with van der Waals surface area (Å²) in [5, 5.41) is 3.58. The zero-order valence-corrected chi connectivity index (χ0v) is 24.1. The lowest BCUT2D eigenvalue weighted by Gasteiger charge is -2.45. The van der Waals surface area contributed by atoms with Crippen LogP contribution in [0, 0.1) is 0 Å². The Bertz CT molecular complexity index is 1180. The first-order valence-corrected chi connectivity index (χ1v) is 14.4. The number of ether oxygens (including phenoxy) is 6. The quantitative estimate of drug-likeness (QED) is 0.0788. The maximum Gasteiger partial charge on any atom is 0.186 e. The van der Waals surface area contributed by atoms with Crippen molar-refractivity contribution in [2.75, 3.05) is 26.9 Å². The van der Waals surface area contributed by atoms with Gasteiger partial charge in [-0.1, -0.05) is 78.3 Å². The predicted molar refractivity (Wildman–Crippen MR) is 157 cm³/mol. The summed E-state index contributed by atoms with van der Waals surface area (Å²) >= 11 is 0. The Morgan fingerprint density at radius 2 is 1.45 bits per heavy atom. The summed E-state index contributed by atoms with van der Waals surface area (Å²) in [6.45, 7) is 2.34. The van der Waals surface area contributed by atoms with Crippen molar-refractivity contribution >= 4 is 0 Å². The predicted octanol–water partition coefficient (Wildman–Crippen LogP) is 6.01. The van der Waals surface area contributed by atoms with Gasteiger partial charge in [-0.05, 0) is 41.6 Å². The van der Waals surface area contributed by atoms with Crippen LogP contribution in [-0.2, 0) is 48.2 Å². The molecule has 1 aliphatic heterocycles. The molecule has 0 radical (unpaired) electrons. The van der Waals surface area contributed by atoms with Gasteiger partial charge >= 0.3 is 0 Å². The number of aromatic nitrogens is 1. The Labute approximate surface area is 247 Å². The molecule has 0 bridgehead atoms. The Kier molecular flexibility index (Phi) is 13.7. The molecule has 5 atom stereocenters.